The van der Waals surface area contributed by atoms with Crippen molar-refractivity contribution in [1.29, 1.82) is 0 Å². The van der Waals surface area contributed by atoms with Gasteiger partial charge in [0.25, 0.3) is 0 Å². The number of hydrogen-bond donors (Lipinski definition) is 4. The van der Waals surface area contributed by atoms with Crippen molar-refractivity contribution < 1.29 is 32.7 Å². The van der Waals surface area contributed by atoms with Crippen molar-refractivity contribution in [3.05, 3.63) is 24.3 Å². The van der Waals surface area contributed by atoms with E-state index in [1.165, 1.54) is 38.5 Å². The number of carboxylic acids is 1. The number of likely N-dealkylation sites (tertiary alicyclic amines) is 1. The number of amides is 4. The Kier molecular flexibility index (Phi) is 8.51. The van der Waals surface area contributed by atoms with E-state index in [0.29, 0.717) is 19.0 Å². The molecule has 1 heterocycles. The average molecular weight is 554 g/mol. The van der Waals surface area contributed by atoms with Crippen molar-refractivity contribution >= 4 is 29.4 Å². The van der Waals surface area contributed by atoms with E-state index in [-0.39, 0.29) is 17.6 Å². The van der Waals surface area contributed by atoms with Gasteiger partial charge < -0.3 is 30.9 Å². The highest BCUT2D eigenvalue weighted by atomic mass is 19.4. The molecule has 5 fully saturated rings. The molecule has 0 spiro atoms. The van der Waals surface area contributed by atoms with E-state index in [2.05, 4.69) is 16.0 Å². The van der Waals surface area contributed by atoms with Gasteiger partial charge in [-0.15, -0.1) is 0 Å². The predicted molar refractivity (Wildman–Crippen MR) is 141 cm³/mol. The standard InChI is InChI=1S/C25H37N5O2.C2HF3O2/c1-29(2)22-5-3-21(4-6-22)27-24(32)30-8-7-17(16-30)15-26-23(31)28-25-12-18-9-19(13-25)11-20(10-18)14-25;3-2(4,5)1(6)7/h3-6,17-20H,7-16H2,1-2H3,(H,27,32)(H2,26,28,31);(H,6,7). The molecule has 1 unspecified atom stereocenters. The van der Waals surface area contributed by atoms with Gasteiger partial charge in [-0.3, -0.25) is 0 Å². The fraction of sp³-hybridized carbons (Fsp3) is 0.667. The Hall–Kier alpha value is -3.18. The van der Waals surface area contributed by atoms with Crippen LogP contribution in [-0.4, -0.2) is 73.5 Å². The summed E-state index contributed by atoms with van der Waals surface area (Å²) in [6.45, 7) is 2.03. The summed E-state index contributed by atoms with van der Waals surface area (Å²) in [5.41, 5.74) is 1.95. The lowest BCUT2D eigenvalue weighted by atomic mass is 9.53. The largest absolute Gasteiger partial charge is 0.490 e. The van der Waals surface area contributed by atoms with Gasteiger partial charge in [0.1, 0.15) is 0 Å². The normalized spacial score (nSPS) is 28.8. The molecule has 9 nitrogen and oxygen atoms in total. The predicted octanol–water partition coefficient (Wildman–Crippen LogP) is 4.51. The van der Waals surface area contributed by atoms with Crippen molar-refractivity contribution in [2.45, 2.75) is 56.7 Å². The molecule has 1 saturated heterocycles. The zero-order chi connectivity index (χ0) is 28.4. The van der Waals surface area contributed by atoms with E-state index in [9.17, 15) is 22.8 Å². The van der Waals surface area contributed by atoms with Gasteiger partial charge in [0.05, 0.1) is 0 Å². The molecule has 1 atom stereocenters. The lowest BCUT2D eigenvalue weighted by molar-refractivity contribution is -0.192. The molecule has 0 aromatic heterocycles. The van der Waals surface area contributed by atoms with Gasteiger partial charge in [-0.1, -0.05) is 0 Å². The molecule has 216 valence electrons. The topological polar surface area (TPSA) is 114 Å². The number of nitrogens with zero attached hydrogens (tertiary/aromatic N) is 2. The van der Waals surface area contributed by atoms with Crippen molar-refractivity contribution in [3.63, 3.8) is 0 Å². The number of aliphatic carboxylic acids is 1. The van der Waals surface area contributed by atoms with Crippen molar-refractivity contribution in [3.8, 4) is 0 Å². The van der Waals surface area contributed by atoms with Crippen LogP contribution in [0.15, 0.2) is 24.3 Å². The summed E-state index contributed by atoms with van der Waals surface area (Å²) < 4.78 is 31.7. The molecule has 4 saturated carbocycles. The van der Waals surface area contributed by atoms with Crippen LogP contribution < -0.4 is 20.9 Å². The highest BCUT2D eigenvalue weighted by Crippen LogP contribution is 2.55. The number of hydrogen-bond acceptors (Lipinski definition) is 4. The third-order valence-electron chi connectivity index (χ3n) is 8.42. The maximum Gasteiger partial charge on any atom is 0.490 e. The number of rotatable bonds is 5. The molecule has 4 N–H and O–H groups in total. The number of carbonyl (C=O) groups excluding carboxylic acids is 2. The van der Waals surface area contributed by atoms with Gasteiger partial charge >= 0.3 is 24.2 Å². The fourth-order valence-corrected chi connectivity index (χ4v) is 7.01. The van der Waals surface area contributed by atoms with E-state index < -0.39 is 12.1 Å². The third kappa shape index (κ3) is 7.48. The van der Waals surface area contributed by atoms with E-state index in [0.717, 1.165) is 42.1 Å². The van der Waals surface area contributed by atoms with Crippen LogP contribution in [0.3, 0.4) is 0 Å². The number of alkyl halides is 3. The lowest BCUT2D eigenvalue weighted by Crippen LogP contribution is -2.61. The van der Waals surface area contributed by atoms with Crippen molar-refractivity contribution in [2.24, 2.45) is 23.7 Å². The second-order valence-corrected chi connectivity index (χ2v) is 11.8. The van der Waals surface area contributed by atoms with E-state index >= 15 is 0 Å². The minimum atomic E-state index is -5.08. The molecule has 0 radical (unpaired) electrons. The Morgan fingerprint density at radius 3 is 2.05 bits per heavy atom. The number of anilines is 2. The van der Waals surface area contributed by atoms with Gasteiger partial charge in [-0.2, -0.15) is 13.2 Å². The first-order valence-electron chi connectivity index (χ1n) is 13.5. The highest BCUT2D eigenvalue weighted by molar-refractivity contribution is 5.89. The number of carboxylic acid groups (broad SMARTS) is 1. The monoisotopic (exact) mass is 553 g/mol. The second kappa shape index (κ2) is 11.5. The first kappa shape index (κ1) is 28.8. The Bertz CT molecular complexity index is 1010. The summed E-state index contributed by atoms with van der Waals surface area (Å²) in [7, 11) is 3.99. The summed E-state index contributed by atoms with van der Waals surface area (Å²) in [6, 6.07) is 7.76. The maximum absolute atomic E-state index is 12.7. The average Bonchev–Trinajstić information content (AvgIpc) is 3.31. The van der Waals surface area contributed by atoms with Gasteiger partial charge in [-0.05, 0) is 92.9 Å². The van der Waals surface area contributed by atoms with Crippen LogP contribution in [0.4, 0.5) is 34.1 Å². The zero-order valence-electron chi connectivity index (χ0n) is 22.4. The molecule has 5 aliphatic rings. The Morgan fingerprint density at radius 2 is 1.56 bits per heavy atom. The van der Waals surface area contributed by atoms with Crippen LogP contribution in [0.5, 0.6) is 0 Å². The maximum atomic E-state index is 12.7. The minimum Gasteiger partial charge on any atom is -0.475 e. The van der Waals surface area contributed by atoms with Crippen molar-refractivity contribution in [2.75, 3.05) is 43.9 Å². The fourth-order valence-electron chi connectivity index (χ4n) is 7.01. The van der Waals surface area contributed by atoms with Crippen LogP contribution in [-0.2, 0) is 4.79 Å². The zero-order valence-corrected chi connectivity index (χ0v) is 22.4. The SMILES string of the molecule is CN(C)c1ccc(NC(=O)N2CCC(CNC(=O)NC34CC5CC(CC(C5)C3)C4)C2)cc1.O=C(O)C(F)(F)F. The first-order valence-corrected chi connectivity index (χ1v) is 13.5. The summed E-state index contributed by atoms with van der Waals surface area (Å²) >= 11 is 0. The number of halogens is 3. The second-order valence-electron chi connectivity index (χ2n) is 11.8. The van der Waals surface area contributed by atoms with Crippen LogP contribution >= 0.6 is 0 Å². The van der Waals surface area contributed by atoms with Crippen LogP contribution in [0.1, 0.15) is 44.9 Å². The van der Waals surface area contributed by atoms with Gasteiger partial charge in [0, 0.05) is 50.6 Å². The molecule has 4 bridgehead atoms. The summed E-state index contributed by atoms with van der Waals surface area (Å²) in [5, 5.41) is 16.6. The smallest absolute Gasteiger partial charge is 0.475 e. The summed E-state index contributed by atoms with van der Waals surface area (Å²) in [4.78, 5) is 38.1. The molecule has 1 aromatic rings. The number of carbonyl (C=O) groups is 3. The Balaban J connectivity index is 0.000000448. The third-order valence-corrected chi connectivity index (χ3v) is 8.42. The highest BCUT2D eigenvalue weighted by Gasteiger charge is 2.51. The van der Waals surface area contributed by atoms with Gasteiger partial charge in [0.15, 0.2) is 0 Å². The number of urea groups is 2. The van der Waals surface area contributed by atoms with Crippen LogP contribution in [0.25, 0.3) is 0 Å². The van der Waals surface area contributed by atoms with E-state index in [4.69, 9.17) is 9.90 Å². The van der Waals surface area contributed by atoms with Crippen LogP contribution in [0, 0.1) is 23.7 Å². The molecular weight excluding hydrogens is 515 g/mol. The number of nitrogens with one attached hydrogen (secondary N) is 3. The molecular formula is C27H38F3N5O4. The van der Waals surface area contributed by atoms with Crippen LogP contribution in [0.2, 0.25) is 0 Å². The Morgan fingerprint density at radius 1 is 1.03 bits per heavy atom. The van der Waals surface area contributed by atoms with E-state index in [1.807, 2.05) is 48.2 Å². The molecule has 4 amide bonds. The van der Waals surface area contributed by atoms with Gasteiger partial charge in [0.2, 0.25) is 0 Å². The molecule has 12 heteroatoms. The molecule has 1 aliphatic heterocycles. The molecule has 6 rings (SSSR count). The summed E-state index contributed by atoms with van der Waals surface area (Å²) in [6.07, 6.45) is 3.47. The minimum absolute atomic E-state index is 0.0177. The summed E-state index contributed by atoms with van der Waals surface area (Å²) in [5.74, 6) is 0.0130. The Labute approximate surface area is 226 Å². The quantitative estimate of drug-likeness (QED) is 0.429. The van der Waals surface area contributed by atoms with Crippen molar-refractivity contribution in [1.82, 2.24) is 15.5 Å². The molecule has 39 heavy (non-hydrogen) atoms. The molecule has 4 aliphatic carbocycles. The first-order chi connectivity index (χ1) is 18.3. The van der Waals surface area contributed by atoms with Gasteiger partial charge in [-0.25, -0.2) is 14.4 Å². The lowest BCUT2D eigenvalue weighted by Gasteiger charge is -2.56. The number of benzene rings is 1. The molecule has 1 aromatic carbocycles. The van der Waals surface area contributed by atoms with E-state index in [1.54, 1.807) is 0 Å².